The van der Waals surface area contributed by atoms with E-state index in [0.29, 0.717) is 45.2 Å². The third-order valence-electron chi connectivity index (χ3n) is 8.44. The topological polar surface area (TPSA) is 132 Å². The summed E-state index contributed by atoms with van der Waals surface area (Å²) < 4.78 is 24.7. The maximum absolute atomic E-state index is 15.1. The summed E-state index contributed by atoms with van der Waals surface area (Å²) in [4.78, 5) is 29.0. The summed E-state index contributed by atoms with van der Waals surface area (Å²) in [6.07, 6.45) is 1.41. The molecule has 0 amide bonds. The van der Waals surface area contributed by atoms with Crippen LogP contribution in [0, 0.1) is 5.82 Å². The van der Waals surface area contributed by atoms with Gasteiger partial charge >= 0.3 is 0 Å². The number of nitrogens with one attached hydrogen (secondary N) is 1. The van der Waals surface area contributed by atoms with Crippen molar-refractivity contribution >= 4 is 27.9 Å². The molecular weight excluding hydrogens is 579 g/mol. The molecule has 230 valence electrons. The summed E-state index contributed by atoms with van der Waals surface area (Å²) in [6.45, 7) is 8.97. The van der Waals surface area contributed by atoms with E-state index in [-0.39, 0.29) is 22.3 Å². The Morgan fingerprint density at radius 2 is 1.96 bits per heavy atom. The lowest BCUT2D eigenvalue weighted by Gasteiger charge is -2.39. The lowest BCUT2D eigenvalue weighted by molar-refractivity contribution is -0.0735. The van der Waals surface area contributed by atoms with Crippen molar-refractivity contribution in [3.05, 3.63) is 98.6 Å². The third kappa shape index (κ3) is 5.04. The molecule has 0 radical (unpaired) electrons. The highest BCUT2D eigenvalue weighted by Gasteiger charge is 2.29. The van der Waals surface area contributed by atoms with Gasteiger partial charge in [0.25, 0.3) is 11.1 Å². The molecule has 2 N–H and O–H groups in total. The van der Waals surface area contributed by atoms with Gasteiger partial charge in [-0.3, -0.25) is 19.2 Å². The van der Waals surface area contributed by atoms with Gasteiger partial charge in [0.05, 0.1) is 61.1 Å². The molecule has 7 rings (SSSR count). The van der Waals surface area contributed by atoms with Crippen LogP contribution in [0.1, 0.15) is 23.7 Å². The summed E-state index contributed by atoms with van der Waals surface area (Å²) in [6, 6.07) is 11.9. The Labute approximate surface area is 256 Å². The zero-order valence-corrected chi connectivity index (χ0v) is 24.8. The van der Waals surface area contributed by atoms with Gasteiger partial charge < -0.3 is 15.2 Å². The van der Waals surface area contributed by atoms with E-state index in [1.165, 1.54) is 24.0 Å². The van der Waals surface area contributed by atoms with Crippen LogP contribution in [-0.4, -0.2) is 65.1 Å². The van der Waals surface area contributed by atoms with Crippen molar-refractivity contribution in [1.29, 1.82) is 0 Å². The number of halogens is 1. The molecule has 0 atom stereocenters. The molecule has 13 heteroatoms. The number of rotatable bonds is 7. The summed E-state index contributed by atoms with van der Waals surface area (Å²) >= 11 is 0. The number of anilines is 2. The molecule has 45 heavy (non-hydrogen) atoms. The van der Waals surface area contributed by atoms with Crippen molar-refractivity contribution in [2.75, 3.05) is 25.1 Å². The monoisotopic (exact) mass is 610 g/mol. The third-order valence-corrected chi connectivity index (χ3v) is 8.44. The van der Waals surface area contributed by atoms with Crippen LogP contribution in [0.25, 0.3) is 33.3 Å². The number of hydrogen-bond donors (Lipinski definition) is 2. The molecule has 5 aromatic rings. The van der Waals surface area contributed by atoms with Gasteiger partial charge in [0.1, 0.15) is 11.5 Å². The molecule has 0 aliphatic carbocycles. The molecule has 0 bridgehead atoms. The average molecular weight is 611 g/mol. The molecule has 12 nitrogen and oxygen atoms in total. The minimum absolute atomic E-state index is 0.122. The first kappa shape index (κ1) is 28.8. The second kappa shape index (κ2) is 11.2. The van der Waals surface area contributed by atoms with Crippen molar-refractivity contribution in [1.82, 2.24) is 34.2 Å². The molecule has 0 unspecified atom stereocenters. The van der Waals surface area contributed by atoms with E-state index in [0.717, 1.165) is 43.2 Å². The molecule has 0 saturated carbocycles. The number of benzene rings is 2. The Morgan fingerprint density at radius 1 is 1.13 bits per heavy atom. The number of aryl methyl sites for hydroxylation is 1. The SMILES string of the molecule is C=C(C)c1cc(F)c2c(=O)n(-c3cccc(-c4cc(Nc5cc6n(n5)CCN(C5COC5)C6)c(=O)n(C)n4)c3CO)ncc2c1. The number of fused-ring (bicyclic) bond motifs is 2. The highest BCUT2D eigenvalue weighted by atomic mass is 19.1. The predicted octanol–water partition coefficient (Wildman–Crippen LogP) is 2.97. The number of ether oxygens (including phenoxy) is 1. The van der Waals surface area contributed by atoms with Gasteiger partial charge in [0.2, 0.25) is 0 Å². The summed E-state index contributed by atoms with van der Waals surface area (Å²) in [7, 11) is 1.54. The Morgan fingerprint density at radius 3 is 2.69 bits per heavy atom. The first-order valence-electron chi connectivity index (χ1n) is 14.6. The second-order valence-corrected chi connectivity index (χ2v) is 11.4. The highest BCUT2D eigenvalue weighted by molar-refractivity contribution is 5.85. The molecule has 2 aliphatic heterocycles. The maximum Gasteiger partial charge on any atom is 0.290 e. The number of allylic oxidation sites excluding steroid dienone is 1. The number of aliphatic hydroxyl groups is 1. The fourth-order valence-electron chi connectivity index (χ4n) is 5.89. The van der Waals surface area contributed by atoms with Gasteiger partial charge in [-0.2, -0.15) is 20.0 Å². The van der Waals surface area contributed by atoms with Crippen LogP contribution < -0.4 is 16.4 Å². The number of hydrogen-bond acceptors (Lipinski definition) is 9. The minimum Gasteiger partial charge on any atom is -0.392 e. The van der Waals surface area contributed by atoms with Gasteiger partial charge in [-0.15, -0.1) is 0 Å². The largest absolute Gasteiger partial charge is 0.392 e. The van der Waals surface area contributed by atoms with Gasteiger partial charge in [0, 0.05) is 42.7 Å². The van der Waals surface area contributed by atoms with Crippen LogP contribution in [0.3, 0.4) is 0 Å². The van der Waals surface area contributed by atoms with E-state index in [1.54, 1.807) is 37.3 Å². The predicted molar refractivity (Wildman–Crippen MR) is 167 cm³/mol. The minimum atomic E-state index is -0.686. The summed E-state index contributed by atoms with van der Waals surface area (Å²) in [5.41, 5.74) is 2.92. The van der Waals surface area contributed by atoms with Crippen molar-refractivity contribution in [2.45, 2.75) is 32.7 Å². The van der Waals surface area contributed by atoms with Crippen LogP contribution in [-0.2, 0) is 31.5 Å². The highest BCUT2D eigenvalue weighted by Crippen LogP contribution is 2.29. The molecule has 2 aromatic carbocycles. The zero-order chi connectivity index (χ0) is 31.4. The van der Waals surface area contributed by atoms with E-state index in [4.69, 9.17) is 4.74 Å². The Hall–Kier alpha value is -4.98. The second-order valence-electron chi connectivity index (χ2n) is 11.4. The molecule has 1 fully saturated rings. The Bertz CT molecular complexity index is 2110. The van der Waals surface area contributed by atoms with Crippen LogP contribution in [0.2, 0.25) is 0 Å². The fraction of sp³-hybridized carbons (Fsp3) is 0.281. The summed E-state index contributed by atoms with van der Waals surface area (Å²) in [5.74, 6) is -0.152. The smallest absolute Gasteiger partial charge is 0.290 e. The van der Waals surface area contributed by atoms with Gasteiger partial charge in [-0.05, 0) is 36.8 Å². The normalized spacial score (nSPS) is 15.2. The quantitative estimate of drug-likeness (QED) is 0.286. The van der Waals surface area contributed by atoms with E-state index in [2.05, 4.69) is 32.1 Å². The first-order chi connectivity index (χ1) is 21.7. The Balaban J connectivity index is 1.26. The van der Waals surface area contributed by atoms with Gasteiger partial charge in [-0.25, -0.2) is 9.07 Å². The van der Waals surface area contributed by atoms with Crippen molar-refractivity contribution < 1.29 is 14.2 Å². The average Bonchev–Trinajstić information content (AvgIpc) is 3.39. The van der Waals surface area contributed by atoms with Crippen molar-refractivity contribution in [2.24, 2.45) is 7.05 Å². The Kier molecular flexibility index (Phi) is 7.15. The van der Waals surface area contributed by atoms with Gasteiger partial charge in [-0.1, -0.05) is 24.3 Å². The molecule has 2 aliphatic rings. The number of aromatic nitrogens is 6. The number of nitrogens with zero attached hydrogens (tertiary/aromatic N) is 7. The molecular formula is C32H31FN8O4. The van der Waals surface area contributed by atoms with Crippen molar-refractivity contribution in [3.8, 4) is 16.9 Å². The molecule has 1 saturated heterocycles. The van der Waals surface area contributed by atoms with Crippen molar-refractivity contribution in [3.63, 3.8) is 0 Å². The van der Waals surface area contributed by atoms with Crippen LogP contribution in [0.5, 0.6) is 0 Å². The molecule has 3 aromatic heterocycles. The van der Waals surface area contributed by atoms with Crippen LogP contribution >= 0.6 is 0 Å². The van der Waals surface area contributed by atoms with Crippen LogP contribution in [0.4, 0.5) is 15.9 Å². The van der Waals surface area contributed by atoms with Crippen LogP contribution in [0.15, 0.2) is 64.8 Å². The lowest BCUT2D eigenvalue weighted by atomic mass is 10.0. The standard InChI is InChI=1S/C32H31FN8O4/c1-18(2)19-9-20-13-34-41(32(44)30(20)25(33)10-19)28-6-4-5-23(24(28)15-42)26-12-27(31(43)38(3)36-26)35-29-11-21-14-39(22-16-45-17-22)7-8-40(21)37-29/h4-6,9-13,22,42H,1,7-8,14-17H2,2-3H3,(H,35,37). The maximum atomic E-state index is 15.1. The van der Waals surface area contributed by atoms with E-state index in [9.17, 15) is 14.7 Å². The van der Waals surface area contributed by atoms with E-state index < -0.39 is 18.0 Å². The zero-order valence-electron chi connectivity index (χ0n) is 24.8. The fourth-order valence-corrected chi connectivity index (χ4v) is 5.89. The molecule has 5 heterocycles. The van der Waals surface area contributed by atoms with E-state index in [1.807, 2.05) is 10.7 Å². The summed E-state index contributed by atoms with van der Waals surface area (Å²) in [5, 5.41) is 27.3. The first-order valence-corrected chi connectivity index (χ1v) is 14.6. The molecule has 0 spiro atoms. The number of aliphatic hydroxyl groups excluding tert-OH is 1. The van der Waals surface area contributed by atoms with Gasteiger partial charge in [0.15, 0.2) is 5.82 Å². The van der Waals surface area contributed by atoms with E-state index >= 15 is 4.39 Å². The lowest BCUT2D eigenvalue weighted by Crippen LogP contribution is -2.51.